The van der Waals surface area contributed by atoms with Gasteiger partial charge in [-0.2, -0.15) is 5.26 Å². The zero-order valence-corrected chi connectivity index (χ0v) is 12.0. The fourth-order valence-corrected chi connectivity index (χ4v) is 2.30. The van der Waals surface area contributed by atoms with E-state index < -0.39 is 22.1 Å². The lowest BCUT2D eigenvalue weighted by molar-refractivity contribution is -0.0258. The molecule has 0 unspecified atom stereocenters. The predicted octanol–water partition coefficient (Wildman–Crippen LogP) is 0.937. The lowest BCUT2D eigenvalue weighted by Crippen LogP contribution is -2.26. The summed E-state index contributed by atoms with van der Waals surface area (Å²) in [5, 5.41) is 8.57. The Bertz CT molecular complexity index is 635. The fraction of sp³-hybridized carbons (Fsp3) is 0.333. The number of rotatable bonds is 5. The number of carbonyl (C=O) groups is 1. The van der Waals surface area contributed by atoms with Crippen LogP contribution < -0.4 is 0 Å². The van der Waals surface area contributed by atoms with Gasteiger partial charge in [0, 0.05) is 7.05 Å². The topological polar surface area (TPSA) is 96.7 Å². The van der Waals surface area contributed by atoms with E-state index in [1.54, 1.807) is 6.07 Å². The number of hydrogen-bond donors (Lipinski definition) is 0. The molecule has 0 spiro atoms. The molecule has 0 fully saturated rings. The first-order valence-electron chi connectivity index (χ1n) is 5.56. The summed E-state index contributed by atoms with van der Waals surface area (Å²) in [4.78, 5) is 16.2. The van der Waals surface area contributed by atoms with Crippen molar-refractivity contribution in [2.24, 2.45) is 0 Å². The lowest BCUT2D eigenvalue weighted by Gasteiger charge is -2.14. The van der Waals surface area contributed by atoms with E-state index in [1.165, 1.54) is 39.3 Å². The normalized spacial score (nSPS) is 12.8. The Morgan fingerprint density at radius 2 is 2.10 bits per heavy atom. The van der Waals surface area contributed by atoms with Gasteiger partial charge in [0.25, 0.3) is 10.0 Å². The van der Waals surface area contributed by atoms with E-state index in [9.17, 15) is 13.2 Å². The van der Waals surface area contributed by atoms with Crippen molar-refractivity contribution in [3.05, 3.63) is 29.8 Å². The third-order valence-corrected chi connectivity index (χ3v) is 4.10. The zero-order valence-electron chi connectivity index (χ0n) is 11.2. The monoisotopic (exact) mass is 298 g/mol. The van der Waals surface area contributed by atoms with E-state index in [4.69, 9.17) is 10.00 Å². The van der Waals surface area contributed by atoms with E-state index in [2.05, 4.69) is 4.84 Å². The first-order valence-corrected chi connectivity index (χ1v) is 7.00. The number of ether oxygens (including phenoxy) is 1. The highest BCUT2D eigenvalue weighted by Gasteiger charge is 2.22. The minimum Gasteiger partial charge on any atom is -0.444 e. The molecule has 1 rings (SSSR count). The third-order valence-electron chi connectivity index (χ3n) is 2.43. The molecule has 0 aliphatic carbocycles. The summed E-state index contributed by atoms with van der Waals surface area (Å²) in [6.45, 7) is 1.41. The van der Waals surface area contributed by atoms with E-state index >= 15 is 0 Å². The summed E-state index contributed by atoms with van der Waals surface area (Å²) in [6.07, 6.45) is -0.913. The van der Waals surface area contributed by atoms with Gasteiger partial charge in [0.2, 0.25) is 0 Å². The van der Waals surface area contributed by atoms with Crippen LogP contribution in [0.3, 0.4) is 0 Å². The van der Waals surface area contributed by atoms with Crippen LogP contribution in [-0.4, -0.2) is 39.1 Å². The lowest BCUT2D eigenvalue weighted by atomic mass is 10.2. The van der Waals surface area contributed by atoms with Gasteiger partial charge in [-0.3, -0.25) is 4.84 Å². The van der Waals surface area contributed by atoms with Crippen molar-refractivity contribution in [2.45, 2.75) is 17.9 Å². The van der Waals surface area contributed by atoms with Crippen LogP contribution in [-0.2, 0) is 19.6 Å². The molecule has 0 aliphatic rings. The Kier molecular flexibility index (Phi) is 5.21. The molecule has 108 valence electrons. The first-order chi connectivity index (χ1) is 9.32. The highest BCUT2D eigenvalue weighted by Crippen LogP contribution is 2.16. The molecule has 0 saturated heterocycles. The molecule has 0 bridgehead atoms. The molecular weight excluding hydrogens is 284 g/mol. The molecular formula is C12H14N2O5S. The molecule has 0 N–H and O–H groups in total. The number of carbonyl (C=O) groups excluding carboxylic acids is 1. The van der Waals surface area contributed by atoms with Gasteiger partial charge < -0.3 is 4.74 Å². The number of nitrogens with zero attached hydrogens (tertiary/aromatic N) is 2. The highest BCUT2D eigenvalue weighted by atomic mass is 32.2. The molecule has 0 saturated carbocycles. The van der Waals surface area contributed by atoms with Crippen molar-refractivity contribution in [2.75, 3.05) is 14.2 Å². The van der Waals surface area contributed by atoms with Gasteiger partial charge in [0.15, 0.2) is 6.10 Å². The average molecular weight is 298 g/mol. The van der Waals surface area contributed by atoms with Crippen molar-refractivity contribution in [3.8, 4) is 6.07 Å². The van der Waals surface area contributed by atoms with Gasteiger partial charge in [-0.1, -0.05) is 10.5 Å². The summed E-state index contributed by atoms with van der Waals surface area (Å²) in [7, 11) is -1.39. The summed E-state index contributed by atoms with van der Waals surface area (Å²) in [6, 6.07) is 7.05. The first kappa shape index (κ1) is 16.1. The minimum atomic E-state index is -3.84. The van der Waals surface area contributed by atoms with Gasteiger partial charge in [-0.25, -0.2) is 13.2 Å². The second-order valence-corrected chi connectivity index (χ2v) is 5.74. The van der Waals surface area contributed by atoms with E-state index in [-0.39, 0.29) is 10.5 Å². The molecule has 1 aromatic rings. The van der Waals surface area contributed by atoms with E-state index in [0.717, 1.165) is 6.07 Å². The van der Waals surface area contributed by atoms with Crippen LogP contribution in [0.25, 0.3) is 0 Å². The Morgan fingerprint density at radius 3 is 2.65 bits per heavy atom. The number of hydrogen-bond acceptors (Lipinski definition) is 6. The number of esters is 1. The number of benzene rings is 1. The summed E-state index contributed by atoms with van der Waals surface area (Å²) >= 11 is 0. The number of nitriles is 1. The largest absolute Gasteiger partial charge is 0.444 e. The van der Waals surface area contributed by atoms with Crippen LogP contribution in [0.15, 0.2) is 29.2 Å². The van der Waals surface area contributed by atoms with Gasteiger partial charge in [0.05, 0.1) is 17.6 Å². The molecule has 0 radical (unpaired) electrons. The van der Waals surface area contributed by atoms with Crippen LogP contribution in [0.2, 0.25) is 0 Å². The molecule has 1 atom stereocenters. The van der Waals surface area contributed by atoms with Crippen LogP contribution in [0.1, 0.15) is 17.3 Å². The van der Waals surface area contributed by atoms with Crippen LogP contribution in [0, 0.1) is 11.3 Å². The summed E-state index contributed by atoms with van der Waals surface area (Å²) in [5.41, 5.74) is 0.0395. The number of sulfonamides is 1. The van der Waals surface area contributed by atoms with E-state index in [1.807, 2.05) is 0 Å². The van der Waals surface area contributed by atoms with Gasteiger partial charge in [-0.15, -0.1) is 0 Å². The fourth-order valence-electron chi connectivity index (χ4n) is 1.29. The quantitative estimate of drug-likeness (QED) is 0.593. The molecule has 1 aromatic carbocycles. The van der Waals surface area contributed by atoms with Crippen molar-refractivity contribution in [1.82, 2.24) is 4.47 Å². The Hall–Kier alpha value is -1.95. The second-order valence-electron chi connectivity index (χ2n) is 3.80. The van der Waals surface area contributed by atoms with E-state index in [0.29, 0.717) is 4.47 Å². The minimum absolute atomic E-state index is 0.0395. The van der Waals surface area contributed by atoms with Crippen molar-refractivity contribution < 1.29 is 22.8 Å². The van der Waals surface area contributed by atoms with Crippen LogP contribution in [0.4, 0.5) is 0 Å². The maximum absolute atomic E-state index is 12.0. The van der Waals surface area contributed by atoms with Gasteiger partial charge in [0.1, 0.15) is 6.07 Å². The van der Waals surface area contributed by atoms with Gasteiger partial charge >= 0.3 is 5.97 Å². The van der Waals surface area contributed by atoms with Crippen molar-refractivity contribution in [1.29, 1.82) is 5.26 Å². The van der Waals surface area contributed by atoms with Crippen molar-refractivity contribution >= 4 is 16.0 Å². The summed E-state index contributed by atoms with van der Waals surface area (Å²) < 4.78 is 29.5. The molecule has 8 heteroatoms. The Balaban J connectivity index is 3.09. The molecule has 20 heavy (non-hydrogen) atoms. The predicted molar refractivity (Wildman–Crippen MR) is 68.9 cm³/mol. The number of hydroxylamine groups is 1. The van der Waals surface area contributed by atoms with Crippen molar-refractivity contribution in [3.63, 3.8) is 0 Å². The maximum Gasteiger partial charge on any atom is 0.339 e. The second kappa shape index (κ2) is 6.47. The molecule has 0 heterocycles. The Labute approximate surface area is 117 Å². The van der Waals surface area contributed by atoms with Crippen LogP contribution in [0.5, 0.6) is 0 Å². The molecule has 0 amide bonds. The summed E-state index contributed by atoms with van der Waals surface area (Å²) in [5.74, 6) is -0.767. The molecule has 7 nitrogen and oxygen atoms in total. The smallest absolute Gasteiger partial charge is 0.339 e. The molecule has 0 aliphatic heterocycles. The average Bonchev–Trinajstić information content (AvgIpc) is 2.46. The zero-order chi connectivity index (χ0) is 15.3. The molecule has 0 aromatic heterocycles. The SMILES string of the molecule is CON(C)S(=O)(=O)c1cccc(C(=O)O[C@H](C)C#N)c1. The standard InChI is InChI=1S/C12H14N2O5S/c1-9(8-13)19-12(15)10-5-4-6-11(7-10)20(16,17)14(2)18-3/h4-7,9H,1-3H3/t9-/m1/s1. The van der Waals surface area contributed by atoms with Crippen LogP contribution >= 0.6 is 0 Å². The van der Waals surface area contributed by atoms with Gasteiger partial charge in [-0.05, 0) is 25.1 Å². The Morgan fingerprint density at radius 1 is 1.45 bits per heavy atom. The maximum atomic E-state index is 12.0. The third kappa shape index (κ3) is 3.54. The highest BCUT2D eigenvalue weighted by molar-refractivity contribution is 7.89.